The van der Waals surface area contributed by atoms with E-state index in [9.17, 15) is 0 Å². The molecule has 0 radical (unpaired) electrons. The summed E-state index contributed by atoms with van der Waals surface area (Å²) in [5, 5.41) is 3.31. The third-order valence-corrected chi connectivity index (χ3v) is 3.70. The molecule has 0 aliphatic heterocycles. The Balaban J connectivity index is 0.00000180. The number of rotatable bonds is 4. The van der Waals surface area contributed by atoms with Gasteiger partial charge in [0.2, 0.25) is 11.9 Å². The van der Waals surface area contributed by atoms with E-state index in [-0.39, 0.29) is 19.4 Å². The molecular weight excluding hydrogens is 258 g/mol. The van der Waals surface area contributed by atoms with Crippen LogP contribution in [0.1, 0.15) is 42.4 Å². The molecule has 104 valence electrons. The molecule has 0 aliphatic rings. The summed E-state index contributed by atoms with van der Waals surface area (Å²) in [7, 11) is 0. The lowest BCUT2D eigenvalue weighted by Crippen LogP contribution is -2.13. The van der Waals surface area contributed by atoms with Crippen molar-refractivity contribution < 1.29 is 0 Å². The Morgan fingerprint density at radius 2 is 2.00 bits per heavy atom. The van der Waals surface area contributed by atoms with Crippen molar-refractivity contribution in [3.8, 4) is 0 Å². The van der Waals surface area contributed by atoms with E-state index in [1.807, 2.05) is 0 Å². The average molecular weight is 279 g/mol. The van der Waals surface area contributed by atoms with Gasteiger partial charge in [0.15, 0.2) is 0 Å². The number of nitrogens with one attached hydrogen (secondary N) is 1. The van der Waals surface area contributed by atoms with Gasteiger partial charge in [0.1, 0.15) is 5.82 Å². The summed E-state index contributed by atoms with van der Waals surface area (Å²) in [5.74, 6) is 1.42. The second kappa shape index (κ2) is 6.47. The molecule has 2 aromatic heterocycles. The summed E-state index contributed by atoms with van der Waals surface area (Å²) in [5.41, 5.74) is 5.62. The van der Waals surface area contributed by atoms with Crippen molar-refractivity contribution in [3.05, 3.63) is 27.7 Å². The first-order chi connectivity index (χ1) is 8.58. The lowest BCUT2D eigenvalue weighted by Gasteiger charge is -2.15. The van der Waals surface area contributed by atoms with E-state index in [0.717, 1.165) is 6.42 Å². The van der Waals surface area contributed by atoms with Crippen molar-refractivity contribution in [2.45, 2.75) is 40.7 Å². The van der Waals surface area contributed by atoms with Crippen molar-refractivity contribution >= 4 is 23.2 Å². The third-order valence-electron chi connectivity index (χ3n) is 2.58. The molecule has 19 heavy (non-hydrogen) atoms. The number of hydrogen-bond donors (Lipinski definition) is 2. The fraction of sp³-hybridized carbons (Fsp3) is 0.462. The molecule has 0 bridgehead atoms. The Labute approximate surface area is 118 Å². The van der Waals surface area contributed by atoms with Crippen molar-refractivity contribution in [1.82, 2.24) is 15.0 Å². The number of hydrogen-bond acceptors (Lipinski definition) is 6. The van der Waals surface area contributed by atoms with Gasteiger partial charge in [0.05, 0.1) is 6.04 Å². The first kappa shape index (κ1) is 15.4. The predicted octanol–water partition coefficient (Wildman–Crippen LogP) is 3.33. The zero-order chi connectivity index (χ0) is 13.1. The van der Waals surface area contributed by atoms with E-state index in [2.05, 4.69) is 46.2 Å². The Bertz CT molecular complexity index is 517. The highest BCUT2D eigenvalue weighted by Crippen LogP contribution is 2.27. The minimum atomic E-state index is 0. The van der Waals surface area contributed by atoms with Crippen molar-refractivity contribution in [1.29, 1.82) is 0 Å². The molecule has 1 unspecified atom stereocenters. The second-order valence-corrected chi connectivity index (χ2v) is 5.44. The minimum absolute atomic E-state index is 0. The zero-order valence-corrected chi connectivity index (χ0v) is 11.6. The Kier molecular flexibility index (Phi) is 5.23. The first-order valence-corrected chi connectivity index (χ1v) is 6.71. The maximum Gasteiger partial charge on any atom is 0.228 e. The van der Waals surface area contributed by atoms with E-state index in [1.54, 1.807) is 18.3 Å². The molecule has 0 amide bonds. The second-order valence-electron chi connectivity index (χ2n) is 4.12. The molecule has 2 aromatic rings. The zero-order valence-electron chi connectivity index (χ0n) is 10.8. The van der Waals surface area contributed by atoms with Crippen LogP contribution in [-0.4, -0.2) is 15.0 Å². The van der Waals surface area contributed by atoms with Gasteiger partial charge in [-0.15, -0.1) is 11.3 Å². The van der Waals surface area contributed by atoms with E-state index in [1.165, 1.54) is 9.75 Å². The van der Waals surface area contributed by atoms with Gasteiger partial charge in [-0.2, -0.15) is 15.0 Å². The third kappa shape index (κ3) is 3.89. The first-order valence-electron chi connectivity index (χ1n) is 5.89. The number of anilines is 2. The molecule has 2 rings (SSSR count). The van der Waals surface area contributed by atoms with Crippen LogP contribution in [0, 0.1) is 13.8 Å². The summed E-state index contributed by atoms with van der Waals surface area (Å²) >= 11 is 1.78. The van der Waals surface area contributed by atoms with Crippen molar-refractivity contribution in [2.75, 3.05) is 11.1 Å². The van der Waals surface area contributed by atoms with E-state index in [0.29, 0.717) is 11.8 Å². The van der Waals surface area contributed by atoms with Crippen molar-refractivity contribution in [3.63, 3.8) is 0 Å². The summed E-state index contributed by atoms with van der Waals surface area (Å²) in [4.78, 5) is 14.9. The Hall–Kier alpha value is -1.69. The number of nitrogen functional groups attached to an aromatic ring is 1. The van der Waals surface area contributed by atoms with Crippen LogP contribution < -0.4 is 11.1 Å². The Morgan fingerprint density at radius 3 is 2.53 bits per heavy atom. The fourth-order valence-electron chi connectivity index (χ4n) is 1.74. The van der Waals surface area contributed by atoms with Gasteiger partial charge in [-0.1, -0.05) is 14.4 Å². The SMILES string of the molecule is C.CCC(Nc1nc(C)nc(N)n1)c1ccc(C)s1. The van der Waals surface area contributed by atoms with Gasteiger partial charge < -0.3 is 11.1 Å². The molecular formula is C13H21N5S. The molecule has 0 saturated heterocycles. The average Bonchev–Trinajstić information content (AvgIpc) is 2.71. The van der Waals surface area contributed by atoms with Gasteiger partial charge in [0.25, 0.3) is 0 Å². The highest BCUT2D eigenvalue weighted by atomic mass is 32.1. The van der Waals surface area contributed by atoms with Crippen LogP contribution in [0.5, 0.6) is 0 Å². The molecule has 0 aliphatic carbocycles. The molecule has 1 atom stereocenters. The molecule has 0 fully saturated rings. The molecule has 0 aromatic carbocycles. The molecule has 0 saturated carbocycles. The van der Waals surface area contributed by atoms with Crippen LogP contribution in [0.15, 0.2) is 12.1 Å². The largest absolute Gasteiger partial charge is 0.368 e. The summed E-state index contributed by atoms with van der Waals surface area (Å²) < 4.78 is 0. The summed E-state index contributed by atoms with van der Waals surface area (Å²) in [6.07, 6.45) is 0.963. The van der Waals surface area contributed by atoms with Crippen molar-refractivity contribution in [2.24, 2.45) is 0 Å². The van der Waals surface area contributed by atoms with E-state index in [4.69, 9.17) is 5.73 Å². The maximum atomic E-state index is 5.62. The lowest BCUT2D eigenvalue weighted by molar-refractivity contribution is 0.748. The molecule has 2 heterocycles. The van der Waals surface area contributed by atoms with Crippen LogP contribution >= 0.6 is 11.3 Å². The van der Waals surface area contributed by atoms with Crippen LogP contribution in [0.25, 0.3) is 0 Å². The standard InChI is InChI=1S/C12H17N5S.CH4/c1-4-9(10-6-5-7(2)18-10)16-12-15-8(3)14-11(13)17-12;/h5-6,9H,4H2,1-3H3,(H3,13,14,15,16,17);1H4. The molecule has 6 heteroatoms. The van der Waals surface area contributed by atoms with Crippen LogP contribution in [-0.2, 0) is 0 Å². The summed E-state index contributed by atoms with van der Waals surface area (Å²) in [6.45, 7) is 6.04. The van der Waals surface area contributed by atoms with Gasteiger partial charge >= 0.3 is 0 Å². The quantitative estimate of drug-likeness (QED) is 0.897. The summed E-state index contributed by atoms with van der Waals surface area (Å²) in [6, 6.07) is 4.47. The number of aromatic nitrogens is 3. The monoisotopic (exact) mass is 279 g/mol. The number of nitrogens with two attached hydrogens (primary N) is 1. The van der Waals surface area contributed by atoms with E-state index < -0.39 is 0 Å². The Morgan fingerprint density at radius 1 is 1.26 bits per heavy atom. The maximum absolute atomic E-state index is 5.62. The molecule has 0 spiro atoms. The van der Waals surface area contributed by atoms with Crippen LogP contribution in [0.2, 0.25) is 0 Å². The van der Waals surface area contributed by atoms with Gasteiger partial charge in [-0.05, 0) is 32.4 Å². The smallest absolute Gasteiger partial charge is 0.228 e. The number of nitrogens with zero attached hydrogens (tertiary/aromatic N) is 3. The normalized spacial score (nSPS) is 11.7. The topological polar surface area (TPSA) is 76.7 Å². The van der Waals surface area contributed by atoms with Gasteiger partial charge in [0, 0.05) is 9.75 Å². The highest BCUT2D eigenvalue weighted by Gasteiger charge is 2.13. The van der Waals surface area contributed by atoms with Gasteiger partial charge in [-0.3, -0.25) is 0 Å². The fourth-order valence-corrected chi connectivity index (χ4v) is 2.75. The predicted molar refractivity (Wildman–Crippen MR) is 81.4 cm³/mol. The van der Waals surface area contributed by atoms with Gasteiger partial charge in [-0.25, -0.2) is 0 Å². The minimum Gasteiger partial charge on any atom is -0.368 e. The number of aryl methyl sites for hydroxylation is 2. The van der Waals surface area contributed by atoms with Crippen LogP contribution in [0.4, 0.5) is 11.9 Å². The van der Waals surface area contributed by atoms with E-state index >= 15 is 0 Å². The highest BCUT2D eigenvalue weighted by molar-refractivity contribution is 7.12. The molecule has 5 nitrogen and oxygen atoms in total. The molecule has 3 N–H and O–H groups in total. The number of thiophene rings is 1. The van der Waals surface area contributed by atoms with Crippen LogP contribution in [0.3, 0.4) is 0 Å². The lowest BCUT2D eigenvalue weighted by atomic mass is 10.2.